The standard InChI is InChI=1S/C15H17NO/c1-10(2)13-9-8-12-6-5-7-14(15(12)16-13)17-11(3)4/h5-10H,3H2,1-2,4H3. The van der Waals surface area contributed by atoms with Crippen molar-refractivity contribution >= 4 is 10.9 Å². The SMILES string of the molecule is C=C(C)Oc1cccc2ccc(C(C)C)nc12. The maximum Gasteiger partial charge on any atom is 0.153 e. The number of nitrogens with zero attached hydrogens (tertiary/aromatic N) is 1. The van der Waals surface area contributed by atoms with Crippen LogP contribution in [0.1, 0.15) is 32.4 Å². The van der Waals surface area contributed by atoms with Gasteiger partial charge in [-0.05, 0) is 25.0 Å². The predicted molar refractivity (Wildman–Crippen MR) is 71.3 cm³/mol. The molecule has 0 spiro atoms. The van der Waals surface area contributed by atoms with E-state index in [-0.39, 0.29) is 0 Å². The molecule has 0 aliphatic carbocycles. The van der Waals surface area contributed by atoms with Crippen LogP contribution < -0.4 is 4.74 Å². The van der Waals surface area contributed by atoms with E-state index in [9.17, 15) is 0 Å². The van der Waals surface area contributed by atoms with Crippen LogP contribution in [0, 0.1) is 0 Å². The smallest absolute Gasteiger partial charge is 0.153 e. The Morgan fingerprint density at radius 3 is 2.65 bits per heavy atom. The van der Waals surface area contributed by atoms with Gasteiger partial charge < -0.3 is 4.74 Å². The van der Waals surface area contributed by atoms with Crippen LogP contribution in [0.5, 0.6) is 5.75 Å². The molecule has 0 amide bonds. The summed E-state index contributed by atoms with van der Waals surface area (Å²) in [4.78, 5) is 4.66. The molecular formula is C15H17NO. The zero-order chi connectivity index (χ0) is 12.4. The van der Waals surface area contributed by atoms with Crippen LogP contribution in [0.25, 0.3) is 10.9 Å². The Balaban J connectivity index is 2.59. The summed E-state index contributed by atoms with van der Waals surface area (Å²) in [5.41, 5.74) is 1.98. The van der Waals surface area contributed by atoms with E-state index in [0.717, 1.165) is 22.3 Å². The number of fused-ring (bicyclic) bond motifs is 1. The minimum absolute atomic E-state index is 0.414. The first-order chi connectivity index (χ1) is 8.08. The Morgan fingerprint density at radius 1 is 1.24 bits per heavy atom. The summed E-state index contributed by atoms with van der Waals surface area (Å²) < 4.78 is 5.61. The lowest BCUT2D eigenvalue weighted by Crippen LogP contribution is -1.96. The van der Waals surface area contributed by atoms with Crippen LogP contribution in [-0.2, 0) is 0 Å². The Labute approximate surface area is 102 Å². The van der Waals surface area contributed by atoms with E-state index in [1.54, 1.807) is 0 Å². The second kappa shape index (κ2) is 4.58. The van der Waals surface area contributed by atoms with Gasteiger partial charge in [-0.3, -0.25) is 0 Å². The zero-order valence-electron chi connectivity index (χ0n) is 10.5. The van der Waals surface area contributed by atoms with Crippen molar-refractivity contribution in [1.82, 2.24) is 4.98 Å². The summed E-state index contributed by atoms with van der Waals surface area (Å²) in [6.45, 7) is 9.87. The summed E-state index contributed by atoms with van der Waals surface area (Å²) in [6, 6.07) is 10.1. The maximum atomic E-state index is 5.61. The molecule has 0 saturated carbocycles. The fraction of sp³-hybridized carbons (Fsp3) is 0.267. The van der Waals surface area contributed by atoms with Gasteiger partial charge in [-0.1, -0.05) is 38.6 Å². The summed E-state index contributed by atoms with van der Waals surface area (Å²) in [5.74, 6) is 1.86. The van der Waals surface area contributed by atoms with Crippen LogP contribution in [0.4, 0.5) is 0 Å². The molecule has 0 fully saturated rings. The number of hydrogen-bond donors (Lipinski definition) is 0. The highest BCUT2D eigenvalue weighted by Crippen LogP contribution is 2.26. The number of para-hydroxylation sites is 1. The summed E-state index contributed by atoms with van der Waals surface area (Å²) in [5, 5.41) is 1.09. The maximum absolute atomic E-state index is 5.61. The average molecular weight is 227 g/mol. The molecule has 2 nitrogen and oxygen atoms in total. The largest absolute Gasteiger partial charge is 0.460 e. The van der Waals surface area contributed by atoms with Gasteiger partial charge in [0.1, 0.15) is 5.52 Å². The van der Waals surface area contributed by atoms with Crippen molar-refractivity contribution in [2.75, 3.05) is 0 Å². The van der Waals surface area contributed by atoms with Crippen molar-refractivity contribution < 1.29 is 4.74 Å². The first-order valence-electron chi connectivity index (χ1n) is 5.81. The van der Waals surface area contributed by atoms with Gasteiger partial charge in [0.25, 0.3) is 0 Å². The quantitative estimate of drug-likeness (QED) is 0.730. The van der Waals surface area contributed by atoms with Gasteiger partial charge in [-0.2, -0.15) is 0 Å². The number of ether oxygens (including phenoxy) is 1. The molecule has 2 heteroatoms. The van der Waals surface area contributed by atoms with Crippen LogP contribution in [0.3, 0.4) is 0 Å². The molecular weight excluding hydrogens is 210 g/mol. The van der Waals surface area contributed by atoms with Crippen molar-refractivity contribution in [2.45, 2.75) is 26.7 Å². The van der Waals surface area contributed by atoms with Crippen molar-refractivity contribution in [1.29, 1.82) is 0 Å². The molecule has 0 saturated heterocycles. The third-order valence-corrected chi connectivity index (χ3v) is 2.58. The third kappa shape index (κ3) is 2.47. The molecule has 2 rings (SSSR count). The minimum atomic E-state index is 0.414. The molecule has 0 bridgehead atoms. The number of hydrogen-bond acceptors (Lipinski definition) is 2. The van der Waals surface area contributed by atoms with Gasteiger partial charge in [-0.25, -0.2) is 4.98 Å². The molecule has 0 radical (unpaired) electrons. The van der Waals surface area contributed by atoms with Gasteiger partial charge in [0.15, 0.2) is 5.75 Å². The number of rotatable bonds is 3. The molecule has 1 aromatic heterocycles. The fourth-order valence-electron chi connectivity index (χ4n) is 1.73. The molecule has 1 aromatic carbocycles. The Morgan fingerprint density at radius 2 is 2.00 bits per heavy atom. The summed E-state index contributed by atoms with van der Waals surface area (Å²) >= 11 is 0. The Bertz CT molecular complexity index is 558. The monoisotopic (exact) mass is 227 g/mol. The fourth-order valence-corrected chi connectivity index (χ4v) is 1.73. The number of aromatic nitrogens is 1. The van der Waals surface area contributed by atoms with Crippen molar-refractivity contribution in [3.05, 3.63) is 48.4 Å². The molecule has 2 aromatic rings. The highest BCUT2D eigenvalue weighted by atomic mass is 16.5. The molecule has 88 valence electrons. The molecule has 0 aliphatic heterocycles. The van der Waals surface area contributed by atoms with E-state index in [1.807, 2.05) is 25.1 Å². The minimum Gasteiger partial charge on any atom is -0.460 e. The second-order valence-corrected chi connectivity index (χ2v) is 4.52. The molecule has 0 atom stereocenters. The van der Waals surface area contributed by atoms with E-state index < -0.39 is 0 Å². The van der Waals surface area contributed by atoms with E-state index in [2.05, 4.69) is 37.5 Å². The van der Waals surface area contributed by atoms with E-state index in [4.69, 9.17) is 4.74 Å². The van der Waals surface area contributed by atoms with Crippen molar-refractivity contribution in [3.63, 3.8) is 0 Å². The van der Waals surface area contributed by atoms with Gasteiger partial charge in [0, 0.05) is 11.1 Å². The highest BCUT2D eigenvalue weighted by molar-refractivity contribution is 5.84. The van der Waals surface area contributed by atoms with Crippen LogP contribution in [0.15, 0.2) is 42.7 Å². The van der Waals surface area contributed by atoms with Crippen LogP contribution in [-0.4, -0.2) is 4.98 Å². The molecule has 1 heterocycles. The lowest BCUT2D eigenvalue weighted by Gasteiger charge is -2.10. The molecule has 0 unspecified atom stereocenters. The van der Waals surface area contributed by atoms with Crippen LogP contribution in [0.2, 0.25) is 0 Å². The number of benzene rings is 1. The topological polar surface area (TPSA) is 22.1 Å². The second-order valence-electron chi connectivity index (χ2n) is 4.52. The molecule has 0 N–H and O–H groups in total. The van der Waals surface area contributed by atoms with Gasteiger partial charge in [0.2, 0.25) is 0 Å². The summed E-state index contributed by atoms with van der Waals surface area (Å²) in [7, 11) is 0. The van der Waals surface area contributed by atoms with Gasteiger partial charge >= 0.3 is 0 Å². The molecule has 0 aliphatic rings. The average Bonchev–Trinajstić information content (AvgIpc) is 2.28. The lowest BCUT2D eigenvalue weighted by molar-refractivity contribution is 0.434. The first-order valence-corrected chi connectivity index (χ1v) is 5.81. The van der Waals surface area contributed by atoms with Crippen molar-refractivity contribution in [2.24, 2.45) is 0 Å². The molecule has 17 heavy (non-hydrogen) atoms. The summed E-state index contributed by atoms with van der Waals surface area (Å²) in [6.07, 6.45) is 0. The van der Waals surface area contributed by atoms with E-state index >= 15 is 0 Å². The van der Waals surface area contributed by atoms with Gasteiger partial charge in [0.05, 0.1) is 5.76 Å². The normalized spacial score (nSPS) is 10.8. The van der Waals surface area contributed by atoms with E-state index in [0.29, 0.717) is 11.7 Å². The number of pyridine rings is 1. The first kappa shape index (κ1) is 11.6. The highest BCUT2D eigenvalue weighted by Gasteiger charge is 2.07. The predicted octanol–water partition coefficient (Wildman–Crippen LogP) is 4.27. The van der Waals surface area contributed by atoms with Crippen molar-refractivity contribution in [3.8, 4) is 5.75 Å². The Kier molecular flexibility index (Phi) is 3.14. The third-order valence-electron chi connectivity index (χ3n) is 2.58. The Hall–Kier alpha value is -1.83. The van der Waals surface area contributed by atoms with Gasteiger partial charge in [-0.15, -0.1) is 0 Å². The number of allylic oxidation sites excluding steroid dienone is 1. The van der Waals surface area contributed by atoms with E-state index in [1.165, 1.54) is 0 Å². The zero-order valence-corrected chi connectivity index (χ0v) is 10.5. The lowest BCUT2D eigenvalue weighted by atomic mass is 10.1. The van der Waals surface area contributed by atoms with Crippen LogP contribution >= 0.6 is 0 Å².